The number of morpholine rings is 1. The lowest BCUT2D eigenvalue weighted by atomic mass is 9.97. The minimum atomic E-state index is 0.734. The van der Waals surface area contributed by atoms with Crippen molar-refractivity contribution in [3.63, 3.8) is 0 Å². The van der Waals surface area contributed by atoms with Crippen molar-refractivity contribution in [2.24, 2.45) is 5.14 Å². The molecule has 2 aromatic heterocycles. The first-order valence-corrected chi connectivity index (χ1v) is 11.5. The second-order valence-electron chi connectivity index (χ2n) is 7.80. The Morgan fingerprint density at radius 1 is 0.938 bits per heavy atom. The van der Waals surface area contributed by atoms with Crippen molar-refractivity contribution in [1.29, 1.82) is 0 Å². The first kappa shape index (κ1) is 20.8. The van der Waals surface area contributed by atoms with Gasteiger partial charge in [0.1, 0.15) is 11.5 Å². The first-order chi connectivity index (χ1) is 15.7. The number of aryl methyl sites for hydroxylation is 1. The zero-order valence-electron chi connectivity index (χ0n) is 17.9. The molecular weight excluding hydrogens is 418 g/mol. The van der Waals surface area contributed by atoms with Crippen LogP contribution in [0.2, 0.25) is 0 Å². The van der Waals surface area contributed by atoms with E-state index < -0.39 is 0 Å². The Balaban J connectivity index is 1.48. The number of nitrogens with two attached hydrogens (primary N) is 1. The van der Waals surface area contributed by atoms with Gasteiger partial charge >= 0.3 is 0 Å². The van der Waals surface area contributed by atoms with Crippen LogP contribution >= 0.6 is 11.9 Å². The predicted molar refractivity (Wildman–Crippen MR) is 131 cm³/mol. The Bertz CT molecular complexity index is 1220. The number of aromatic nitrogens is 3. The summed E-state index contributed by atoms with van der Waals surface area (Å²) in [4.78, 5) is 7.89. The zero-order chi connectivity index (χ0) is 21.9. The molecule has 0 spiro atoms. The summed E-state index contributed by atoms with van der Waals surface area (Å²) in [5.41, 5.74) is 7.59. The van der Waals surface area contributed by atoms with Crippen LogP contribution in [0, 0.1) is 6.92 Å². The maximum atomic E-state index is 5.72. The third kappa shape index (κ3) is 4.14. The van der Waals surface area contributed by atoms with Gasteiger partial charge in [0.25, 0.3) is 0 Å². The van der Waals surface area contributed by atoms with Gasteiger partial charge in [0.2, 0.25) is 0 Å². The zero-order valence-corrected chi connectivity index (χ0v) is 18.7. The molecule has 0 atom stereocenters. The topological polar surface area (TPSA) is 80.1 Å². The fraction of sp³-hybridized carbons (Fsp3) is 0.200. The molecule has 1 fully saturated rings. The lowest BCUT2D eigenvalue weighted by Crippen LogP contribution is -2.36. The molecule has 3 heterocycles. The van der Waals surface area contributed by atoms with E-state index in [2.05, 4.69) is 69.5 Å². The Morgan fingerprint density at radius 2 is 1.72 bits per heavy atom. The van der Waals surface area contributed by atoms with Gasteiger partial charge in [-0.3, -0.25) is 10.2 Å². The molecular formula is C25H25N5OS. The van der Waals surface area contributed by atoms with Gasteiger partial charge in [-0.25, -0.2) is 4.98 Å². The van der Waals surface area contributed by atoms with E-state index >= 15 is 0 Å². The van der Waals surface area contributed by atoms with Crippen LogP contribution < -0.4 is 10.0 Å². The number of H-pyrrole nitrogens is 1. The SMILES string of the molecule is Cc1[nH]nc(-c2ccnc(N3CCOCC3)c2)c1-c1ccc(-c2cccc(SN)c2)cc1. The summed E-state index contributed by atoms with van der Waals surface area (Å²) in [6, 6.07) is 21.0. The summed E-state index contributed by atoms with van der Waals surface area (Å²) >= 11 is 1.26. The molecule has 5 rings (SSSR count). The number of benzene rings is 2. The number of nitrogens with one attached hydrogen (secondary N) is 1. The van der Waals surface area contributed by atoms with Crippen molar-refractivity contribution in [2.75, 3.05) is 31.2 Å². The fourth-order valence-electron chi connectivity index (χ4n) is 4.10. The number of aromatic amines is 1. The molecule has 0 amide bonds. The maximum Gasteiger partial charge on any atom is 0.129 e. The molecule has 2 aromatic carbocycles. The number of ether oxygens (including phenoxy) is 1. The summed E-state index contributed by atoms with van der Waals surface area (Å²) in [5, 5.41) is 13.5. The molecule has 7 heteroatoms. The lowest BCUT2D eigenvalue weighted by molar-refractivity contribution is 0.122. The largest absolute Gasteiger partial charge is 0.378 e. The lowest BCUT2D eigenvalue weighted by Gasteiger charge is -2.27. The second-order valence-corrected chi connectivity index (χ2v) is 8.50. The molecule has 0 aliphatic carbocycles. The Labute approximate surface area is 192 Å². The highest BCUT2D eigenvalue weighted by Crippen LogP contribution is 2.35. The van der Waals surface area contributed by atoms with Crippen molar-refractivity contribution < 1.29 is 4.74 Å². The molecule has 0 radical (unpaired) electrons. The number of rotatable bonds is 5. The van der Waals surface area contributed by atoms with Crippen LogP contribution in [0.1, 0.15) is 5.69 Å². The van der Waals surface area contributed by atoms with Gasteiger partial charge in [-0.15, -0.1) is 0 Å². The van der Waals surface area contributed by atoms with Gasteiger partial charge in [0, 0.05) is 41.0 Å². The van der Waals surface area contributed by atoms with Crippen molar-refractivity contribution in [3.05, 3.63) is 72.6 Å². The summed E-state index contributed by atoms with van der Waals surface area (Å²) in [6.07, 6.45) is 1.86. The number of hydrogen-bond donors (Lipinski definition) is 2. The minimum absolute atomic E-state index is 0.734. The molecule has 0 bridgehead atoms. The van der Waals surface area contributed by atoms with Crippen molar-refractivity contribution >= 4 is 17.8 Å². The van der Waals surface area contributed by atoms with Gasteiger partial charge < -0.3 is 9.64 Å². The normalized spacial score (nSPS) is 14.0. The maximum absolute atomic E-state index is 5.72. The Hall–Kier alpha value is -3.13. The van der Waals surface area contributed by atoms with Gasteiger partial charge in [0.15, 0.2) is 0 Å². The Morgan fingerprint density at radius 3 is 2.50 bits per heavy atom. The smallest absolute Gasteiger partial charge is 0.129 e. The number of pyridine rings is 1. The van der Waals surface area contributed by atoms with Gasteiger partial charge in [0.05, 0.1) is 13.2 Å². The summed E-state index contributed by atoms with van der Waals surface area (Å²) in [6.45, 7) is 5.24. The molecule has 0 saturated carbocycles. The standard InChI is InChI=1S/C25H25N5OS/c1-17-24(19-7-5-18(6-8-19)20-3-2-4-22(15-20)32-26)25(29-28-17)21-9-10-27-23(16-21)30-11-13-31-14-12-30/h2-10,15-16H,11-14,26H2,1H3,(H,28,29). The van der Waals surface area contributed by atoms with E-state index in [-0.39, 0.29) is 0 Å². The van der Waals surface area contributed by atoms with Crippen LogP contribution in [0.15, 0.2) is 71.8 Å². The summed E-state index contributed by atoms with van der Waals surface area (Å²) < 4.78 is 5.48. The quantitative estimate of drug-likeness (QED) is 0.426. The third-order valence-electron chi connectivity index (χ3n) is 5.78. The van der Waals surface area contributed by atoms with Crippen LogP contribution in [0.4, 0.5) is 5.82 Å². The monoisotopic (exact) mass is 443 g/mol. The highest BCUT2D eigenvalue weighted by atomic mass is 32.2. The van der Waals surface area contributed by atoms with E-state index in [1.807, 2.05) is 24.4 Å². The molecule has 1 aliphatic heterocycles. The van der Waals surface area contributed by atoms with E-state index in [9.17, 15) is 0 Å². The molecule has 0 unspecified atom stereocenters. The number of nitrogens with zero attached hydrogens (tertiary/aromatic N) is 3. The number of anilines is 1. The molecule has 3 N–H and O–H groups in total. The van der Waals surface area contributed by atoms with Gasteiger partial charge in [-0.2, -0.15) is 5.10 Å². The van der Waals surface area contributed by atoms with Crippen molar-refractivity contribution in [1.82, 2.24) is 15.2 Å². The van der Waals surface area contributed by atoms with Gasteiger partial charge in [-0.05, 0) is 59.8 Å². The van der Waals surface area contributed by atoms with Crippen LogP contribution in [0.5, 0.6) is 0 Å². The minimum Gasteiger partial charge on any atom is -0.378 e. The van der Waals surface area contributed by atoms with E-state index in [0.29, 0.717) is 0 Å². The van der Waals surface area contributed by atoms with E-state index in [1.54, 1.807) is 0 Å². The van der Waals surface area contributed by atoms with E-state index in [0.717, 1.165) is 76.2 Å². The molecule has 162 valence electrons. The fourth-order valence-corrected chi connectivity index (χ4v) is 4.45. The average Bonchev–Trinajstić information content (AvgIpc) is 3.26. The van der Waals surface area contributed by atoms with Crippen LogP contribution in [0.3, 0.4) is 0 Å². The summed E-state index contributed by atoms with van der Waals surface area (Å²) in [7, 11) is 0. The molecule has 6 nitrogen and oxygen atoms in total. The second kappa shape index (κ2) is 9.16. The van der Waals surface area contributed by atoms with Crippen molar-refractivity contribution in [2.45, 2.75) is 11.8 Å². The molecule has 1 saturated heterocycles. The van der Waals surface area contributed by atoms with Gasteiger partial charge in [-0.1, -0.05) is 36.4 Å². The molecule has 32 heavy (non-hydrogen) atoms. The Kier molecular flexibility index (Phi) is 5.94. The molecule has 4 aromatic rings. The first-order valence-electron chi connectivity index (χ1n) is 10.6. The molecule has 1 aliphatic rings. The highest BCUT2D eigenvalue weighted by molar-refractivity contribution is 7.97. The number of hydrogen-bond acceptors (Lipinski definition) is 6. The van der Waals surface area contributed by atoms with Crippen LogP contribution in [-0.4, -0.2) is 41.5 Å². The van der Waals surface area contributed by atoms with Crippen molar-refractivity contribution in [3.8, 4) is 33.5 Å². The van der Waals surface area contributed by atoms with Crippen LogP contribution in [0.25, 0.3) is 33.5 Å². The van der Waals surface area contributed by atoms with E-state index in [4.69, 9.17) is 9.88 Å². The summed E-state index contributed by atoms with van der Waals surface area (Å²) in [5.74, 6) is 0.963. The average molecular weight is 444 g/mol. The van der Waals surface area contributed by atoms with E-state index in [1.165, 1.54) is 11.9 Å². The van der Waals surface area contributed by atoms with Crippen LogP contribution in [-0.2, 0) is 4.74 Å². The third-order valence-corrected chi connectivity index (χ3v) is 6.30. The predicted octanol–water partition coefficient (Wildman–Crippen LogP) is 4.92. The highest BCUT2D eigenvalue weighted by Gasteiger charge is 2.18.